The number of carbonyl (C=O) groups is 2. The minimum atomic E-state index is -0.507. The Kier molecular flexibility index (Phi) is 5.79. The number of nitrogens with zero attached hydrogens (tertiary/aromatic N) is 4. The molecule has 1 aliphatic carbocycles. The molecule has 3 saturated heterocycles. The van der Waals surface area contributed by atoms with Crippen LogP contribution in [0.1, 0.15) is 69.3 Å². The SMILES string of the molecule is Cn1nc(N2CCC(=O)NC2=O)c2cc(F)c(C3CCC(N4CCC5(CCCO5)CC4)CC3)cc21. The van der Waals surface area contributed by atoms with E-state index < -0.39 is 6.03 Å². The predicted octanol–water partition coefficient (Wildman–Crippen LogP) is 3.83. The number of imide groups is 1. The van der Waals surface area contributed by atoms with Crippen LogP contribution in [-0.4, -0.2) is 64.5 Å². The third-order valence-corrected chi connectivity index (χ3v) is 8.81. The average Bonchev–Trinajstić information content (AvgIpc) is 3.43. The van der Waals surface area contributed by atoms with Gasteiger partial charge >= 0.3 is 6.03 Å². The number of benzene rings is 1. The first kappa shape index (κ1) is 22.9. The van der Waals surface area contributed by atoms with E-state index in [4.69, 9.17) is 4.74 Å². The van der Waals surface area contributed by atoms with Crippen molar-refractivity contribution in [3.05, 3.63) is 23.5 Å². The summed E-state index contributed by atoms with van der Waals surface area (Å²) in [4.78, 5) is 27.9. The second-order valence-corrected chi connectivity index (χ2v) is 10.8. The van der Waals surface area contributed by atoms with E-state index in [2.05, 4.69) is 15.3 Å². The maximum atomic E-state index is 15.4. The first-order valence-electron chi connectivity index (χ1n) is 13.1. The zero-order valence-corrected chi connectivity index (χ0v) is 20.4. The number of hydrogen-bond acceptors (Lipinski definition) is 5. The molecule has 3 aliphatic heterocycles. The molecule has 4 fully saturated rings. The molecule has 1 N–H and O–H groups in total. The molecule has 0 unspecified atom stereocenters. The van der Waals surface area contributed by atoms with Crippen molar-refractivity contribution in [2.45, 2.75) is 75.3 Å². The number of rotatable bonds is 3. The van der Waals surface area contributed by atoms with Gasteiger partial charge in [-0.3, -0.25) is 19.7 Å². The number of fused-ring (bicyclic) bond motifs is 1. The van der Waals surface area contributed by atoms with E-state index in [1.807, 2.05) is 13.1 Å². The highest BCUT2D eigenvalue weighted by atomic mass is 19.1. The lowest BCUT2D eigenvalue weighted by molar-refractivity contribution is -0.120. The van der Waals surface area contributed by atoms with Gasteiger partial charge in [-0.15, -0.1) is 0 Å². The predicted molar refractivity (Wildman–Crippen MR) is 130 cm³/mol. The molecular weight excluding hydrogens is 449 g/mol. The fraction of sp³-hybridized carbons (Fsp3) is 0.654. The number of carbonyl (C=O) groups excluding carboxylic acids is 2. The second-order valence-electron chi connectivity index (χ2n) is 10.8. The molecule has 188 valence electrons. The van der Waals surface area contributed by atoms with Crippen LogP contribution in [0.25, 0.3) is 10.9 Å². The Labute approximate surface area is 204 Å². The van der Waals surface area contributed by atoms with Gasteiger partial charge in [-0.05, 0) is 75.0 Å². The highest BCUT2D eigenvalue weighted by Gasteiger charge is 2.40. The Morgan fingerprint density at radius 1 is 1.09 bits per heavy atom. The summed E-state index contributed by atoms with van der Waals surface area (Å²) >= 11 is 0. The van der Waals surface area contributed by atoms with Crippen LogP contribution in [0.15, 0.2) is 12.1 Å². The fourth-order valence-electron chi connectivity index (χ4n) is 6.75. The normalized spacial score (nSPS) is 27.7. The van der Waals surface area contributed by atoms with Crippen molar-refractivity contribution in [2.24, 2.45) is 7.05 Å². The molecule has 1 saturated carbocycles. The maximum Gasteiger partial charge on any atom is 0.329 e. The second kappa shape index (κ2) is 8.85. The Balaban J connectivity index is 1.15. The van der Waals surface area contributed by atoms with Crippen LogP contribution in [0.5, 0.6) is 0 Å². The lowest BCUT2D eigenvalue weighted by atomic mass is 9.79. The topological polar surface area (TPSA) is 79.7 Å². The van der Waals surface area contributed by atoms with E-state index in [-0.39, 0.29) is 36.2 Å². The minimum Gasteiger partial charge on any atom is -0.375 e. The summed E-state index contributed by atoms with van der Waals surface area (Å²) in [5, 5.41) is 7.43. The van der Waals surface area contributed by atoms with Crippen LogP contribution < -0.4 is 10.2 Å². The standard InChI is InChI=1S/C26H34FN5O3/c1-30-22-16-19(21(27)15-20(22)24(29-30)32-11-7-23(33)28-25(32)34)17-3-5-18(6-4-17)31-12-9-26(10-13-31)8-2-14-35-26/h15-18H,2-14H2,1H3,(H,28,33,34). The van der Waals surface area contributed by atoms with Crippen LogP contribution in [0, 0.1) is 5.82 Å². The molecule has 1 aromatic heterocycles. The highest BCUT2D eigenvalue weighted by Crippen LogP contribution is 2.41. The van der Waals surface area contributed by atoms with Gasteiger partial charge in [0.2, 0.25) is 5.91 Å². The number of ether oxygens (including phenoxy) is 1. The van der Waals surface area contributed by atoms with Gasteiger partial charge in [0.05, 0.1) is 11.1 Å². The molecule has 2 aromatic rings. The van der Waals surface area contributed by atoms with Crippen molar-refractivity contribution in [1.29, 1.82) is 0 Å². The van der Waals surface area contributed by atoms with Crippen molar-refractivity contribution in [2.75, 3.05) is 31.1 Å². The van der Waals surface area contributed by atoms with Crippen LogP contribution >= 0.6 is 0 Å². The smallest absolute Gasteiger partial charge is 0.329 e. The lowest BCUT2D eigenvalue weighted by Crippen LogP contribution is -2.49. The number of nitrogens with one attached hydrogen (secondary N) is 1. The minimum absolute atomic E-state index is 0.151. The van der Waals surface area contributed by atoms with Gasteiger partial charge < -0.3 is 9.64 Å². The Bertz CT molecular complexity index is 1140. The number of likely N-dealkylation sites (tertiary alicyclic amines) is 1. The molecule has 35 heavy (non-hydrogen) atoms. The molecule has 6 rings (SSSR count). The van der Waals surface area contributed by atoms with Crippen molar-refractivity contribution in [3.63, 3.8) is 0 Å². The van der Waals surface area contributed by atoms with E-state index in [0.717, 1.165) is 69.3 Å². The zero-order chi connectivity index (χ0) is 24.2. The quantitative estimate of drug-likeness (QED) is 0.718. The summed E-state index contributed by atoms with van der Waals surface area (Å²) in [7, 11) is 1.81. The van der Waals surface area contributed by atoms with Gasteiger partial charge in [-0.1, -0.05) is 0 Å². The number of piperidine rings is 1. The van der Waals surface area contributed by atoms with Crippen molar-refractivity contribution < 1.29 is 18.7 Å². The summed E-state index contributed by atoms with van der Waals surface area (Å²) in [5.41, 5.74) is 1.71. The zero-order valence-electron chi connectivity index (χ0n) is 20.4. The summed E-state index contributed by atoms with van der Waals surface area (Å²) in [6.07, 6.45) is 9.05. The summed E-state index contributed by atoms with van der Waals surface area (Å²) in [6, 6.07) is 3.52. The largest absolute Gasteiger partial charge is 0.375 e. The molecule has 0 atom stereocenters. The molecule has 9 heteroatoms. The van der Waals surface area contributed by atoms with Gasteiger partial charge in [0.25, 0.3) is 0 Å². The van der Waals surface area contributed by atoms with Gasteiger partial charge in [0, 0.05) is 51.1 Å². The number of aromatic nitrogens is 2. The van der Waals surface area contributed by atoms with Crippen LogP contribution in [-0.2, 0) is 16.6 Å². The number of anilines is 1. The summed E-state index contributed by atoms with van der Waals surface area (Å²) in [5.74, 6) is 0.0588. The molecule has 1 aromatic carbocycles. The summed E-state index contributed by atoms with van der Waals surface area (Å²) < 4.78 is 23.2. The van der Waals surface area contributed by atoms with E-state index in [0.29, 0.717) is 17.2 Å². The number of amides is 3. The van der Waals surface area contributed by atoms with Crippen molar-refractivity contribution in [1.82, 2.24) is 20.0 Å². The molecule has 4 heterocycles. The first-order valence-corrected chi connectivity index (χ1v) is 13.1. The van der Waals surface area contributed by atoms with Crippen LogP contribution in [0.2, 0.25) is 0 Å². The third kappa shape index (κ3) is 4.12. The first-order chi connectivity index (χ1) is 16.9. The molecule has 0 radical (unpaired) electrons. The molecule has 3 amide bonds. The van der Waals surface area contributed by atoms with Gasteiger partial charge in [0.15, 0.2) is 5.82 Å². The van der Waals surface area contributed by atoms with E-state index in [1.54, 1.807) is 4.68 Å². The van der Waals surface area contributed by atoms with E-state index >= 15 is 4.39 Å². The Morgan fingerprint density at radius 3 is 2.54 bits per heavy atom. The molecule has 4 aliphatic rings. The van der Waals surface area contributed by atoms with Gasteiger partial charge in [0.1, 0.15) is 5.82 Å². The van der Waals surface area contributed by atoms with Gasteiger partial charge in [-0.2, -0.15) is 5.10 Å². The van der Waals surface area contributed by atoms with Crippen LogP contribution in [0.4, 0.5) is 15.0 Å². The molecule has 1 spiro atoms. The van der Waals surface area contributed by atoms with Gasteiger partial charge in [-0.25, -0.2) is 9.18 Å². The van der Waals surface area contributed by atoms with Crippen LogP contribution in [0.3, 0.4) is 0 Å². The third-order valence-electron chi connectivity index (χ3n) is 8.81. The van der Waals surface area contributed by atoms with Crippen molar-refractivity contribution in [3.8, 4) is 0 Å². The molecular formula is C26H34FN5O3. The Hall–Kier alpha value is -2.52. The Morgan fingerprint density at radius 2 is 1.86 bits per heavy atom. The number of halogens is 1. The molecule has 0 bridgehead atoms. The lowest BCUT2D eigenvalue weighted by Gasteiger charge is -2.44. The van der Waals surface area contributed by atoms with E-state index in [1.165, 1.54) is 23.8 Å². The molecule has 8 nitrogen and oxygen atoms in total. The number of urea groups is 1. The average molecular weight is 484 g/mol. The van der Waals surface area contributed by atoms with Crippen molar-refractivity contribution >= 4 is 28.7 Å². The number of hydrogen-bond donors (Lipinski definition) is 1. The highest BCUT2D eigenvalue weighted by molar-refractivity contribution is 6.08. The number of aryl methyl sites for hydroxylation is 1. The monoisotopic (exact) mass is 483 g/mol. The summed E-state index contributed by atoms with van der Waals surface area (Å²) in [6.45, 7) is 3.39. The maximum absolute atomic E-state index is 15.4. The fourth-order valence-corrected chi connectivity index (χ4v) is 6.75. The van der Waals surface area contributed by atoms with E-state index in [9.17, 15) is 9.59 Å².